The van der Waals surface area contributed by atoms with Crippen LogP contribution >= 0.6 is 0 Å². The van der Waals surface area contributed by atoms with E-state index in [1.807, 2.05) is 0 Å². The van der Waals surface area contributed by atoms with E-state index in [9.17, 15) is 14.4 Å². The highest BCUT2D eigenvalue weighted by Crippen LogP contribution is 2.46. The molecule has 2 aliphatic rings. The van der Waals surface area contributed by atoms with Crippen LogP contribution in [0.1, 0.15) is 36.3 Å². The lowest BCUT2D eigenvalue weighted by Gasteiger charge is -2.33. The SMILES string of the molecule is COc1ccc(OC)c([C@H]2C3=C(CCCC3=O)Nc3[nH]c(=O)[nH]c(=O)c32)c1. The van der Waals surface area contributed by atoms with Gasteiger partial charge in [-0.3, -0.25) is 19.6 Å². The molecule has 0 unspecified atom stereocenters. The third-order valence-corrected chi connectivity index (χ3v) is 5.04. The van der Waals surface area contributed by atoms with Crippen molar-refractivity contribution < 1.29 is 14.3 Å². The molecule has 0 amide bonds. The fourth-order valence-corrected chi connectivity index (χ4v) is 3.87. The minimum atomic E-state index is -0.658. The van der Waals surface area contributed by atoms with Crippen LogP contribution in [-0.2, 0) is 4.79 Å². The van der Waals surface area contributed by atoms with E-state index in [1.54, 1.807) is 25.3 Å². The smallest absolute Gasteiger partial charge is 0.327 e. The minimum absolute atomic E-state index is 0.0186. The maximum absolute atomic E-state index is 12.8. The maximum atomic E-state index is 12.8. The molecular formula is C19H19N3O5. The highest BCUT2D eigenvalue weighted by atomic mass is 16.5. The lowest BCUT2D eigenvalue weighted by Crippen LogP contribution is -2.36. The highest BCUT2D eigenvalue weighted by molar-refractivity contribution is 6.01. The van der Waals surface area contributed by atoms with E-state index in [0.717, 1.165) is 12.1 Å². The molecule has 8 nitrogen and oxygen atoms in total. The number of fused-ring (bicyclic) bond motifs is 1. The molecule has 0 radical (unpaired) electrons. The first-order valence-electron chi connectivity index (χ1n) is 8.65. The van der Waals surface area contributed by atoms with Crippen molar-refractivity contribution in [3.05, 3.63) is 61.4 Å². The van der Waals surface area contributed by atoms with Crippen molar-refractivity contribution in [2.24, 2.45) is 0 Å². The number of nitrogens with one attached hydrogen (secondary N) is 3. The second kappa shape index (κ2) is 6.46. The summed E-state index contributed by atoms with van der Waals surface area (Å²) >= 11 is 0. The Balaban J connectivity index is 2.05. The Kier molecular flexibility index (Phi) is 4.10. The van der Waals surface area contributed by atoms with Crippen LogP contribution in [0.3, 0.4) is 0 Å². The van der Waals surface area contributed by atoms with Gasteiger partial charge in [0.25, 0.3) is 5.56 Å². The molecule has 0 fully saturated rings. The lowest BCUT2D eigenvalue weighted by molar-refractivity contribution is -0.116. The van der Waals surface area contributed by atoms with Gasteiger partial charge in [-0.1, -0.05) is 0 Å². The number of ether oxygens (including phenoxy) is 2. The van der Waals surface area contributed by atoms with Crippen LogP contribution in [0.15, 0.2) is 39.1 Å². The van der Waals surface area contributed by atoms with Crippen LogP contribution in [0.2, 0.25) is 0 Å². The van der Waals surface area contributed by atoms with Crippen molar-refractivity contribution in [3.8, 4) is 11.5 Å². The third-order valence-electron chi connectivity index (χ3n) is 5.04. The van der Waals surface area contributed by atoms with Gasteiger partial charge in [0.15, 0.2) is 5.78 Å². The summed E-state index contributed by atoms with van der Waals surface area (Å²) in [6.45, 7) is 0. The van der Waals surface area contributed by atoms with E-state index in [-0.39, 0.29) is 11.3 Å². The van der Waals surface area contributed by atoms with Gasteiger partial charge >= 0.3 is 5.69 Å². The molecule has 0 bridgehead atoms. The summed E-state index contributed by atoms with van der Waals surface area (Å²) in [6, 6.07) is 5.25. The number of benzene rings is 1. The molecule has 2 heterocycles. The topological polar surface area (TPSA) is 113 Å². The lowest BCUT2D eigenvalue weighted by atomic mass is 9.76. The van der Waals surface area contributed by atoms with Gasteiger partial charge in [0.05, 0.1) is 25.7 Å². The summed E-state index contributed by atoms with van der Waals surface area (Å²) in [4.78, 5) is 42.2. The number of H-pyrrole nitrogens is 2. The number of Topliss-reactive ketones (excluding diaryl/α,β-unsaturated/α-hetero) is 1. The summed E-state index contributed by atoms with van der Waals surface area (Å²) in [6.07, 6.45) is 1.80. The molecule has 1 atom stereocenters. The number of hydrogen-bond acceptors (Lipinski definition) is 6. The first kappa shape index (κ1) is 17.1. The van der Waals surface area contributed by atoms with Gasteiger partial charge in [0.2, 0.25) is 0 Å². The van der Waals surface area contributed by atoms with Crippen LogP contribution < -0.4 is 26.0 Å². The van der Waals surface area contributed by atoms with E-state index >= 15 is 0 Å². The van der Waals surface area contributed by atoms with Gasteiger partial charge in [-0.25, -0.2) is 4.79 Å². The number of anilines is 1. The molecule has 0 saturated carbocycles. The molecule has 1 aliphatic carbocycles. The van der Waals surface area contributed by atoms with Crippen LogP contribution in [0, 0.1) is 0 Å². The standard InChI is InChI=1S/C19H19N3O5/c1-26-9-6-7-13(27-2)10(8-9)14-15-11(4-3-5-12(15)23)20-17-16(14)18(24)22-19(25)21-17/h6-8,14H,3-5H2,1-2H3,(H3,20,21,22,24,25)/t14-/m0/s1. The van der Waals surface area contributed by atoms with Crippen molar-refractivity contribution in [1.82, 2.24) is 9.97 Å². The molecule has 0 saturated heterocycles. The van der Waals surface area contributed by atoms with Crippen LogP contribution in [0.5, 0.6) is 11.5 Å². The third kappa shape index (κ3) is 2.73. The molecule has 4 rings (SSSR count). The Morgan fingerprint density at radius 2 is 1.85 bits per heavy atom. The zero-order chi connectivity index (χ0) is 19.1. The van der Waals surface area contributed by atoms with E-state index in [1.165, 1.54) is 7.11 Å². The molecule has 1 aromatic heterocycles. The summed E-state index contributed by atoms with van der Waals surface area (Å²) in [7, 11) is 3.07. The van der Waals surface area contributed by atoms with Crippen molar-refractivity contribution >= 4 is 11.6 Å². The summed E-state index contributed by atoms with van der Waals surface area (Å²) < 4.78 is 10.8. The van der Waals surface area contributed by atoms with Gasteiger partial charge in [0, 0.05) is 23.3 Å². The molecule has 1 aliphatic heterocycles. The largest absolute Gasteiger partial charge is 0.497 e. The molecular weight excluding hydrogens is 350 g/mol. The van der Waals surface area contributed by atoms with Crippen LogP contribution in [-0.4, -0.2) is 30.0 Å². The Hall–Kier alpha value is -3.29. The number of carbonyl (C=O) groups excluding carboxylic acids is 1. The fraction of sp³-hybridized carbons (Fsp3) is 0.316. The minimum Gasteiger partial charge on any atom is -0.497 e. The summed E-state index contributed by atoms with van der Waals surface area (Å²) in [5.41, 5.74) is 1.05. The Morgan fingerprint density at radius 1 is 1.04 bits per heavy atom. The van der Waals surface area contributed by atoms with E-state index in [0.29, 0.717) is 41.3 Å². The first-order chi connectivity index (χ1) is 13.0. The second-order valence-corrected chi connectivity index (χ2v) is 6.53. The Labute approximate surface area is 154 Å². The summed E-state index contributed by atoms with van der Waals surface area (Å²) in [5, 5.41) is 3.09. The van der Waals surface area contributed by atoms with Gasteiger partial charge in [-0.2, -0.15) is 0 Å². The molecule has 3 N–H and O–H groups in total. The van der Waals surface area contributed by atoms with E-state index in [2.05, 4.69) is 15.3 Å². The summed E-state index contributed by atoms with van der Waals surface area (Å²) in [5.74, 6) is 0.748. The van der Waals surface area contributed by atoms with Gasteiger partial charge < -0.3 is 14.8 Å². The zero-order valence-corrected chi connectivity index (χ0v) is 15.0. The molecule has 2 aromatic rings. The number of methoxy groups -OCH3 is 2. The fourth-order valence-electron chi connectivity index (χ4n) is 3.87. The van der Waals surface area contributed by atoms with E-state index < -0.39 is 17.2 Å². The van der Waals surface area contributed by atoms with Gasteiger partial charge in [-0.05, 0) is 31.0 Å². The van der Waals surface area contributed by atoms with Gasteiger partial charge in [0.1, 0.15) is 17.3 Å². The Morgan fingerprint density at radius 3 is 2.59 bits per heavy atom. The average Bonchev–Trinajstić information content (AvgIpc) is 2.65. The number of aromatic amines is 2. The predicted molar refractivity (Wildman–Crippen MR) is 98.6 cm³/mol. The van der Waals surface area contributed by atoms with Crippen LogP contribution in [0.4, 0.5) is 5.82 Å². The molecule has 8 heteroatoms. The van der Waals surface area contributed by atoms with Crippen molar-refractivity contribution in [2.75, 3.05) is 19.5 Å². The monoisotopic (exact) mass is 369 g/mol. The van der Waals surface area contributed by atoms with Crippen LogP contribution in [0.25, 0.3) is 0 Å². The van der Waals surface area contributed by atoms with Crippen molar-refractivity contribution in [3.63, 3.8) is 0 Å². The molecule has 0 spiro atoms. The normalized spacial score (nSPS) is 18.4. The predicted octanol–water partition coefficient (Wildman–Crippen LogP) is 1.64. The first-order valence-corrected chi connectivity index (χ1v) is 8.65. The quantitative estimate of drug-likeness (QED) is 0.758. The maximum Gasteiger partial charge on any atom is 0.327 e. The number of rotatable bonds is 3. The Bertz CT molecular complexity index is 1080. The zero-order valence-electron chi connectivity index (χ0n) is 15.0. The van der Waals surface area contributed by atoms with Gasteiger partial charge in [-0.15, -0.1) is 0 Å². The van der Waals surface area contributed by atoms with Crippen molar-refractivity contribution in [1.29, 1.82) is 0 Å². The average molecular weight is 369 g/mol. The number of aromatic nitrogens is 2. The molecule has 1 aromatic carbocycles. The van der Waals surface area contributed by atoms with E-state index in [4.69, 9.17) is 9.47 Å². The molecule has 140 valence electrons. The highest BCUT2D eigenvalue weighted by Gasteiger charge is 2.38. The number of allylic oxidation sites excluding steroid dienone is 2. The number of hydrogen-bond donors (Lipinski definition) is 3. The number of carbonyl (C=O) groups is 1. The second-order valence-electron chi connectivity index (χ2n) is 6.53. The van der Waals surface area contributed by atoms with Crippen molar-refractivity contribution in [2.45, 2.75) is 25.2 Å². The molecule has 27 heavy (non-hydrogen) atoms. The number of ketones is 1.